The minimum absolute atomic E-state index is 0.00964. The highest BCUT2D eigenvalue weighted by Gasteiger charge is 2.36. The lowest BCUT2D eigenvalue weighted by Crippen LogP contribution is -2.50. The van der Waals surface area contributed by atoms with E-state index in [9.17, 15) is 30.8 Å². The first-order valence-electron chi connectivity index (χ1n) is 7.72. The Morgan fingerprint density at radius 3 is 2.19 bits per heavy atom. The van der Waals surface area contributed by atoms with Crippen LogP contribution in [0.15, 0.2) is 59.5 Å². The Balaban J connectivity index is 2.47. The summed E-state index contributed by atoms with van der Waals surface area (Å²) >= 11 is 0. The maximum atomic E-state index is 14.1. The van der Waals surface area contributed by atoms with E-state index in [-0.39, 0.29) is 5.69 Å². The van der Waals surface area contributed by atoms with Crippen LogP contribution in [0.3, 0.4) is 0 Å². The van der Waals surface area contributed by atoms with E-state index in [0.29, 0.717) is 4.31 Å². The monoisotopic (exact) mass is 404 g/mol. The summed E-state index contributed by atoms with van der Waals surface area (Å²) in [6.07, 6.45) is -4.66. The molecule has 2 aromatic carbocycles. The van der Waals surface area contributed by atoms with Crippen molar-refractivity contribution < 1.29 is 30.8 Å². The van der Waals surface area contributed by atoms with Crippen LogP contribution < -0.4 is 9.62 Å². The van der Waals surface area contributed by atoms with Gasteiger partial charge in [0, 0.05) is 0 Å². The molecule has 0 aliphatic rings. The first-order chi connectivity index (χ1) is 12.5. The predicted molar refractivity (Wildman–Crippen MR) is 91.0 cm³/mol. The van der Waals surface area contributed by atoms with Gasteiger partial charge in [0.25, 0.3) is 10.0 Å². The van der Waals surface area contributed by atoms with Crippen molar-refractivity contribution in [2.24, 2.45) is 0 Å². The van der Waals surface area contributed by atoms with Crippen LogP contribution in [0.1, 0.15) is 6.92 Å². The molecule has 0 aliphatic carbocycles. The van der Waals surface area contributed by atoms with Crippen LogP contribution in [0, 0.1) is 5.82 Å². The highest BCUT2D eigenvalue weighted by Crippen LogP contribution is 2.27. The van der Waals surface area contributed by atoms with Crippen molar-refractivity contribution in [1.29, 1.82) is 0 Å². The molecule has 27 heavy (non-hydrogen) atoms. The van der Waals surface area contributed by atoms with Gasteiger partial charge in [0.05, 0.1) is 5.69 Å². The van der Waals surface area contributed by atoms with Gasteiger partial charge in [-0.25, -0.2) is 12.8 Å². The Hall–Kier alpha value is -2.62. The molecule has 0 radical (unpaired) electrons. The zero-order valence-corrected chi connectivity index (χ0v) is 14.9. The number of benzene rings is 2. The number of halogens is 4. The molecule has 0 fully saturated rings. The standard InChI is InChI=1S/C17H16F4N2O3S/c1-12(16(24)22-11-17(19,20)21)23(13-7-3-2-4-8-13)27(25,26)15-10-6-5-9-14(15)18/h2-10,12H,11H2,1H3,(H,22,24)/t12-/m0/s1. The summed E-state index contributed by atoms with van der Waals surface area (Å²) in [5, 5.41) is 1.65. The van der Waals surface area contributed by atoms with Crippen LogP contribution in [0.5, 0.6) is 0 Å². The molecule has 0 bridgehead atoms. The number of para-hydroxylation sites is 1. The van der Waals surface area contributed by atoms with Gasteiger partial charge >= 0.3 is 6.18 Å². The van der Waals surface area contributed by atoms with E-state index in [2.05, 4.69) is 0 Å². The first-order valence-corrected chi connectivity index (χ1v) is 9.16. The lowest BCUT2D eigenvalue weighted by atomic mass is 10.2. The number of nitrogens with zero attached hydrogens (tertiary/aromatic N) is 1. The normalized spacial score (nSPS) is 13.1. The predicted octanol–water partition coefficient (Wildman–Crippen LogP) is 3.09. The maximum absolute atomic E-state index is 14.1. The number of hydrogen-bond acceptors (Lipinski definition) is 3. The Labute approximate surface area is 153 Å². The molecule has 146 valence electrons. The Bertz CT molecular complexity index is 902. The molecule has 2 rings (SSSR count). The zero-order chi connectivity index (χ0) is 20.2. The number of nitrogens with one attached hydrogen (secondary N) is 1. The maximum Gasteiger partial charge on any atom is 0.405 e. The molecule has 0 aliphatic heterocycles. The Morgan fingerprint density at radius 1 is 1.07 bits per heavy atom. The number of alkyl halides is 3. The van der Waals surface area contributed by atoms with Crippen molar-refractivity contribution in [3.05, 3.63) is 60.4 Å². The average molecular weight is 404 g/mol. The van der Waals surface area contributed by atoms with Crippen molar-refractivity contribution in [1.82, 2.24) is 5.32 Å². The second-order valence-corrected chi connectivity index (χ2v) is 7.36. The number of carbonyl (C=O) groups is 1. The van der Waals surface area contributed by atoms with E-state index >= 15 is 0 Å². The Kier molecular flexibility index (Phi) is 6.09. The SMILES string of the molecule is C[C@@H](C(=O)NCC(F)(F)F)N(c1ccccc1)S(=O)(=O)c1ccccc1F. The van der Waals surface area contributed by atoms with Crippen molar-refractivity contribution in [3.63, 3.8) is 0 Å². The van der Waals surface area contributed by atoms with Gasteiger partial charge in [-0.3, -0.25) is 9.10 Å². The third-order valence-corrected chi connectivity index (χ3v) is 5.51. The van der Waals surface area contributed by atoms with Gasteiger partial charge in [0.15, 0.2) is 0 Å². The number of amides is 1. The van der Waals surface area contributed by atoms with Crippen molar-refractivity contribution in [2.75, 3.05) is 10.8 Å². The molecule has 1 amide bonds. The van der Waals surface area contributed by atoms with E-state index in [4.69, 9.17) is 0 Å². The van der Waals surface area contributed by atoms with E-state index in [1.807, 2.05) is 0 Å². The van der Waals surface area contributed by atoms with Crippen LogP contribution in [-0.4, -0.2) is 33.1 Å². The second-order valence-electron chi connectivity index (χ2n) is 5.58. The fourth-order valence-corrected chi connectivity index (χ4v) is 4.04. The van der Waals surface area contributed by atoms with Crippen molar-refractivity contribution >= 4 is 21.6 Å². The van der Waals surface area contributed by atoms with Gasteiger partial charge in [0.1, 0.15) is 23.3 Å². The van der Waals surface area contributed by atoms with Crippen LogP contribution in [0.2, 0.25) is 0 Å². The summed E-state index contributed by atoms with van der Waals surface area (Å²) in [5.41, 5.74) is 0.00964. The Morgan fingerprint density at radius 2 is 1.63 bits per heavy atom. The topological polar surface area (TPSA) is 66.5 Å². The number of carbonyl (C=O) groups excluding carboxylic acids is 1. The van der Waals surface area contributed by atoms with E-state index in [1.165, 1.54) is 36.4 Å². The summed E-state index contributed by atoms with van der Waals surface area (Å²) in [4.78, 5) is 11.5. The quantitative estimate of drug-likeness (QED) is 0.753. The third kappa shape index (κ3) is 4.97. The summed E-state index contributed by atoms with van der Waals surface area (Å²) < 4.78 is 77.7. The van der Waals surface area contributed by atoms with Crippen LogP contribution in [0.25, 0.3) is 0 Å². The fraction of sp³-hybridized carbons (Fsp3) is 0.235. The summed E-state index contributed by atoms with van der Waals surface area (Å²) in [7, 11) is -4.57. The molecule has 0 unspecified atom stereocenters. The number of sulfonamides is 1. The van der Waals surface area contributed by atoms with E-state index < -0.39 is 45.4 Å². The molecule has 0 heterocycles. The minimum atomic E-state index is -4.66. The van der Waals surface area contributed by atoms with Gasteiger partial charge < -0.3 is 5.32 Å². The molecule has 0 aromatic heterocycles. The molecule has 0 saturated heterocycles. The molecule has 5 nitrogen and oxygen atoms in total. The first kappa shape index (κ1) is 20.7. The number of rotatable bonds is 6. The molecule has 10 heteroatoms. The van der Waals surface area contributed by atoms with Crippen molar-refractivity contribution in [3.8, 4) is 0 Å². The second kappa shape index (κ2) is 7.95. The molecular weight excluding hydrogens is 388 g/mol. The fourth-order valence-electron chi connectivity index (χ4n) is 2.35. The van der Waals surface area contributed by atoms with Crippen LogP contribution >= 0.6 is 0 Å². The highest BCUT2D eigenvalue weighted by atomic mass is 32.2. The average Bonchev–Trinajstić information content (AvgIpc) is 2.60. The van der Waals surface area contributed by atoms with Gasteiger partial charge in [-0.15, -0.1) is 0 Å². The van der Waals surface area contributed by atoms with Crippen LogP contribution in [-0.2, 0) is 14.8 Å². The molecule has 2 aromatic rings. The van der Waals surface area contributed by atoms with Crippen LogP contribution in [0.4, 0.5) is 23.2 Å². The summed E-state index contributed by atoms with van der Waals surface area (Å²) in [6.45, 7) is -0.490. The van der Waals surface area contributed by atoms with Crippen molar-refractivity contribution in [2.45, 2.75) is 24.0 Å². The lowest BCUT2D eigenvalue weighted by Gasteiger charge is -2.30. The van der Waals surface area contributed by atoms with Gasteiger partial charge in [0.2, 0.25) is 5.91 Å². The molecule has 1 atom stereocenters. The van der Waals surface area contributed by atoms with Gasteiger partial charge in [-0.05, 0) is 31.2 Å². The highest BCUT2D eigenvalue weighted by molar-refractivity contribution is 7.93. The zero-order valence-electron chi connectivity index (χ0n) is 14.1. The minimum Gasteiger partial charge on any atom is -0.345 e. The molecular formula is C17H16F4N2O3S. The van der Waals surface area contributed by atoms with Gasteiger partial charge in [-0.1, -0.05) is 30.3 Å². The third-order valence-electron chi connectivity index (χ3n) is 3.58. The van der Waals surface area contributed by atoms with E-state index in [1.54, 1.807) is 11.4 Å². The summed E-state index contributed by atoms with van der Waals surface area (Å²) in [6, 6.07) is 10.3. The van der Waals surface area contributed by atoms with Gasteiger partial charge in [-0.2, -0.15) is 13.2 Å². The smallest absolute Gasteiger partial charge is 0.345 e. The number of hydrogen-bond donors (Lipinski definition) is 1. The molecule has 0 saturated carbocycles. The number of anilines is 1. The molecule has 1 N–H and O–H groups in total. The molecule has 0 spiro atoms. The largest absolute Gasteiger partial charge is 0.405 e. The van der Waals surface area contributed by atoms with E-state index in [0.717, 1.165) is 19.1 Å². The lowest BCUT2D eigenvalue weighted by molar-refractivity contribution is -0.138. The summed E-state index contributed by atoms with van der Waals surface area (Å²) in [5.74, 6) is -2.21.